The van der Waals surface area contributed by atoms with Gasteiger partial charge in [-0.05, 0) is 24.3 Å². The first-order valence-electron chi connectivity index (χ1n) is 6.90. The van der Waals surface area contributed by atoms with Gasteiger partial charge in [-0.2, -0.15) is 0 Å². The Kier molecular flexibility index (Phi) is 4.11. The van der Waals surface area contributed by atoms with Gasteiger partial charge in [0.15, 0.2) is 0 Å². The van der Waals surface area contributed by atoms with Gasteiger partial charge in [0, 0.05) is 24.2 Å². The molecule has 3 rings (SSSR count). The minimum Gasteiger partial charge on any atom is -0.386 e. The highest BCUT2D eigenvalue weighted by Gasteiger charge is 2.20. The van der Waals surface area contributed by atoms with E-state index in [0.717, 1.165) is 16.6 Å². The summed E-state index contributed by atoms with van der Waals surface area (Å²) in [6.07, 6.45) is 1.17. The molecule has 0 aliphatic carbocycles. The summed E-state index contributed by atoms with van der Waals surface area (Å²) in [5.74, 6) is -0.264. The number of hydrogen-bond acceptors (Lipinski definition) is 3. The zero-order chi connectivity index (χ0) is 16.6. The van der Waals surface area contributed by atoms with Crippen LogP contribution in [0.3, 0.4) is 0 Å². The normalized spacial score (nSPS) is 10.7. The van der Waals surface area contributed by atoms with Gasteiger partial charge in [0.25, 0.3) is 5.91 Å². The smallest absolute Gasteiger partial charge is 0.263 e. The van der Waals surface area contributed by atoms with E-state index in [1.807, 2.05) is 24.3 Å². The molecule has 1 aromatic heterocycles. The van der Waals surface area contributed by atoms with Gasteiger partial charge in [0.1, 0.15) is 0 Å². The minimum atomic E-state index is -0.264. The van der Waals surface area contributed by atoms with E-state index in [4.69, 9.17) is 28.6 Å². The van der Waals surface area contributed by atoms with Crippen molar-refractivity contribution in [3.05, 3.63) is 63.8 Å². The van der Waals surface area contributed by atoms with Crippen LogP contribution in [0.2, 0.25) is 10.0 Å². The first-order chi connectivity index (χ1) is 11.1. The van der Waals surface area contributed by atoms with Crippen molar-refractivity contribution in [3.8, 4) is 0 Å². The van der Waals surface area contributed by atoms with Crippen LogP contribution in [-0.4, -0.2) is 23.7 Å². The van der Waals surface area contributed by atoms with Crippen molar-refractivity contribution in [2.75, 3.05) is 12.4 Å². The number of benzene rings is 2. The first kappa shape index (κ1) is 15.6. The molecule has 0 fully saturated rings. The lowest BCUT2D eigenvalue weighted by atomic mass is 10.2. The largest absolute Gasteiger partial charge is 0.386 e. The molecule has 0 radical (unpaired) electrons. The molecule has 116 valence electrons. The maximum Gasteiger partial charge on any atom is 0.263 e. The number of fused-ring (bicyclic) bond motifs is 1. The van der Waals surface area contributed by atoms with Gasteiger partial charge < -0.3 is 10.7 Å². The second-order valence-corrected chi connectivity index (χ2v) is 5.76. The molecule has 3 aromatic rings. The zero-order valence-corrected chi connectivity index (χ0v) is 13.7. The fraction of sp³-hybridized carbons (Fsp3) is 0.0588. The molecule has 0 amide bonds. The third kappa shape index (κ3) is 2.50. The SMILES string of the molecule is CNc1c(C=N)n(C(=O)c2ccc(Cl)c(Cl)c2)c2ccccc12. The zero-order valence-electron chi connectivity index (χ0n) is 12.2. The Hall–Kier alpha value is -2.30. The number of halogens is 2. The van der Waals surface area contributed by atoms with Crippen molar-refractivity contribution < 1.29 is 4.79 Å². The van der Waals surface area contributed by atoms with Crippen molar-refractivity contribution in [1.29, 1.82) is 5.41 Å². The Bertz CT molecular complexity index is 931. The van der Waals surface area contributed by atoms with E-state index in [2.05, 4.69) is 5.32 Å². The number of rotatable bonds is 3. The van der Waals surface area contributed by atoms with E-state index in [1.165, 1.54) is 16.8 Å². The lowest BCUT2D eigenvalue weighted by Crippen LogP contribution is -2.15. The summed E-state index contributed by atoms with van der Waals surface area (Å²) in [4.78, 5) is 13.0. The van der Waals surface area contributed by atoms with Crippen LogP contribution in [0, 0.1) is 5.41 Å². The molecule has 2 N–H and O–H groups in total. The summed E-state index contributed by atoms with van der Waals surface area (Å²) in [5.41, 5.74) is 2.37. The van der Waals surface area contributed by atoms with Crippen molar-refractivity contribution in [1.82, 2.24) is 4.57 Å². The molecule has 0 unspecified atom stereocenters. The van der Waals surface area contributed by atoms with Crippen LogP contribution in [0.5, 0.6) is 0 Å². The molecule has 0 atom stereocenters. The molecule has 1 heterocycles. The van der Waals surface area contributed by atoms with Crippen molar-refractivity contribution in [2.45, 2.75) is 0 Å². The van der Waals surface area contributed by atoms with Crippen molar-refractivity contribution in [2.24, 2.45) is 0 Å². The van der Waals surface area contributed by atoms with E-state index >= 15 is 0 Å². The number of aromatic nitrogens is 1. The fourth-order valence-electron chi connectivity index (χ4n) is 2.64. The number of carbonyl (C=O) groups excluding carboxylic acids is 1. The van der Waals surface area contributed by atoms with Gasteiger partial charge >= 0.3 is 0 Å². The van der Waals surface area contributed by atoms with E-state index in [9.17, 15) is 4.79 Å². The highest BCUT2D eigenvalue weighted by atomic mass is 35.5. The fourth-order valence-corrected chi connectivity index (χ4v) is 2.93. The molecular formula is C17H13Cl2N3O. The third-order valence-electron chi connectivity index (χ3n) is 3.67. The highest BCUT2D eigenvalue weighted by molar-refractivity contribution is 6.42. The van der Waals surface area contributed by atoms with Gasteiger partial charge in [0.2, 0.25) is 0 Å². The third-order valence-corrected chi connectivity index (χ3v) is 4.41. The molecule has 0 spiro atoms. The number of nitrogens with zero attached hydrogens (tertiary/aromatic N) is 1. The quantitative estimate of drug-likeness (QED) is 0.677. The molecule has 0 bridgehead atoms. The van der Waals surface area contributed by atoms with Crippen molar-refractivity contribution >= 4 is 51.9 Å². The van der Waals surface area contributed by atoms with E-state index < -0.39 is 0 Å². The highest BCUT2D eigenvalue weighted by Crippen LogP contribution is 2.31. The Labute approximate surface area is 143 Å². The van der Waals surface area contributed by atoms with Gasteiger partial charge in [0.05, 0.1) is 26.9 Å². The Balaban J connectivity index is 2.28. The number of hydrogen-bond donors (Lipinski definition) is 2. The Morgan fingerprint density at radius 1 is 1.17 bits per heavy atom. The average molecular weight is 346 g/mol. The molecule has 6 heteroatoms. The summed E-state index contributed by atoms with van der Waals surface area (Å²) < 4.78 is 1.51. The van der Waals surface area contributed by atoms with Crippen LogP contribution in [0.25, 0.3) is 10.9 Å². The Morgan fingerprint density at radius 2 is 1.91 bits per heavy atom. The van der Waals surface area contributed by atoms with Crippen LogP contribution in [0.15, 0.2) is 42.5 Å². The molecule has 4 nitrogen and oxygen atoms in total. The monoisotopic (exact) mass is 345 g/mol. The van der Waals surface area contributed by atoms with E-state index in [-0.39, 0.29) is 5.91 Å². The predicted molar refractivity (Wildman–Crippen MR) is 95.6 cm³/mol. The molecule has 0 saturated carbocycles. The van der Waals surface area contributed by atoms with Gasteiger partial charge in [-0.3, -0.25) is 9.36 Å². The van der Waals surface area contributed by atoms with Crippen LogP contribution < -0.4 is 5.32 Å². The molecular weight excluding hydrogens is 333 g/mol. The lowest BCUT2D eigenvalue weighted by Gasteiger charge is -2.08. The maximum atomic E-state index is 13.0. The standard InChI is InChI=1S/C17H13Cl2N3O/c1-21-16-11-4-2-3-5-14(11)22(15(16)9-20)17(23)10-6-7-12(18)13(19)8-10/h2-9,20-21H,1H3. The van der Waals surface area contributed by atoms with Crippen LogP contribution in [0.1, 0.15) is 16.1 Å². The van der Waals surface area contributed by atoms with Gasteiger partial charge in [-0.25, -0.2) is 0 Å². The average Bonchev–Trinajstić information content (AvgIpc) is 2.90. The van der Waals surface area contributed by atoms with Crippen molar-refractivity contribution in [3.63, 3.8) is 0 Å². The summed E-state index contributed by atoms with van der Waals surface area (Å²) in [5, 5.41) is 12.4. The number of anilines is 1. The molecule has 0 aliphatic rings. The summed E-state index contributed by atoms with van der Waals surface area (Å²) >= 11 is 11.9. The molecule has 0 saturated heterocycles. The summed E-state index contributed by atoms with van der Waals surface area (Å²) in [6.45, 7) is 0. The van der Waals surface area contributed by atoms with Crippen LogP contribution in [0.4, 0.5) is 5.69 Å². The molecule has 0 aliphatic heterocycles. The first-order valence-corrected chi connectivity index (χ1v) is 7.65. The van der Waals surface area contributed by atoms with Gasteiger partial charge in [-0.1, -0.05) is 41.4 Å². The second-order valence-electron chi connectivity index (χ2n) is 4.94. The molecule has 23 heavy (non-hydrogen) atoms. The van der Waals surface area contributed by atoms with E-state index in [1.54, 1.807) is 19.2 Å². The molecule has 2 aromatic carbocycles. The van der Waals surface area contributed by atoms with Gasteiger partial charge in [-0.15, -0.1) is 0 Å². The maximum absolute atomic E-state index is 13.0. The summed E-state index contributed by atoms with van der Waals surface area (Å²) in [6, 6.07) is 12.3. The number of para-hydroxylation sites is 1. The van der Waals surface area contributed by atoms with Crippen LogP contribution in [-0.2, 0) is 0 Å². The van der Waals surface area contributed by atoms with E-state index in [0.29, 0.717) is 21.3 Å². The predicted octanol–water partition coefficient (Wildman–Crippen LogP) is 4.68. The van der Waals surface area contributed by atoms with Crippen LogP contribution >= 0.6 is 23.2 Å². The topological polar surface area (TPSA) is 57.9 Å². The number of nitrogens with one attached hydrogen (secondary N) is 2. The lowest BCUT2D eigenvalue weighted by molar-refractivity contribution is 0.0964. The minimum absolute atomic E-state index is 0.264. The summed E-state index contributed by atoms with van der Waals surface area (Å²) in [7, 11) is 1.77. The second kappa shape index (κ2) is 6.07. The number of carbonyl (C=O) groups is 1. The Morgan fingerprint density at radius 3 is 2.57 bits per heavy atom.